The van der Waals surface area contributed by atoms with Gasteiger partial charge in [-0.25, -0.2) is 4.98 Å². The molecule has 1 saturated heterocycles. The molecule has 5 rings (SSSR count). The van der Waals surface area contributed by atoms with Gasteiger partial charge in [-0.15, -0.1) is 0 Å². The number of para-hydroxylation sites is 1. The highest BCUT2D eigenvalue weighted by Crippen LogP contribution is 2.31. The number of pyridine rings is 1. The van der Waals surface area contributed by atoms with Crippen molar-refractivity contribution in [1.29, 1.82) is 0 Å². The van der Waals surface area contributed by atoms with Crippen LogP contribution in [0.25, 0.3) is 11.0 Å². The molecule has 0 bridgehead atoms. The molecule has 6 heteroatoms. The lowest BCUT2D eigenvalue weighted by Crippen LogP contribution is -2.41. The summed E-state index contributed by atoms with van der Waals surface area (Å²) in [6.45, 7) is 7.75. The van der Waals surface area contributed by atoms with Gasteiger partial charge in [-0.2, -0.15) is 5.10 Å². The van der Waals surface area contributed by atoms with Crippen LogP contribution >= 0.6 is 0 Å². The number of amides is 1. The lowest BCUT2D eigenvalue weighted by molar-refractivity contribution is 0.0694. The van der Waals surface area contributed by atoms with E-state index < -0.39 is 0 Å². The Labute approximate surface area is 177 Å². The van der Waals surface area contributed by atoms with Crippen LogP contribution in [0.3, 0.4) is 0 Å². The summed E-state index contributed by atoms with van der Waals surface area (Å²) in [6, 6.07) is 10.7. The molecule has 0 aliphatic carbocycles. The van der Waals surface area contributed by atoms with Gasteiger partial charge in [0.2, 0.25) is 0 Å². The summed E-state index contributed by atoms with van der Waals surface area (Å²) in [6.07, 6.45) is 3.27. The number of hydrogen-bond donors (Lipinski definition) is 0. The molecule has 0 radical (unpaired) electrons. The summed E-state index contributed by atoms with van der Waals surface area (Å²) < 4.78 is 1.77. The van der Waals surface area contributed by atoms with E-state index in [1.165, 1.54) is 11.3 Å². The van der Waals surface area contributed by atoms with Crippen LogP contribution in [0.15, 0.2) is 30.3 Å². The molecule has 4 heterocycles. The summed E-state index contributed by atoms with van der Waals surface area (Å²) in [5.74, 6) is 0.756. The SMILES string of the molecule is Cc1cc(C(=O)N2CCC(CN3CCc4ccccc43)CC2)c2c(C)nn(C)c2n1. The fraction of sp³-hybridized carbons (Fsp3) is 0.458. The second-order valence-electron chi connectivity index (χ2n) is 8.78. The number of carbonyl (C=O) groups excluding carboxylic acids is 1. The third-order valence-electron chi connectivity index (χ3n) is 6.69. The van der Waals surface area contributed by atoms with Crippen molar-refractivity contribution in [2.24, 2.45) is 13.0 Å². The van der Waals surface area contributed by atoms with Gasteiger partial charge in [0.05, 0.1) is 16.6 Å². The molecule has 2 aromatic heterocycles. The predicted molar refractivity (Wildman–Crippen MR) is 119 cm³/mol. The molecular formula is C24H29N5O. The summed E-state index contributed by atoms with van der Waals surface area (Å²) in [7, 11) is 1.89. The minimum atomic E-state index is 0.117. The van der Waals surface area contributed by atoms with Crippen molar-refractivity contribution < 1.29 is 4.79 Å². The van der Waals surface area contributed by atoms with Crippen LogP contribution in [0.1, 0.15) is 40.2 Å². The van der Waals surface area contributed by atoms with E-state index in [0.717, 1.165) is 73.4 Å². The smallest absolute Gasteiger partial charge is 0.254 e. The number of nitrogens with zero attached hydrogens (tertiary/aromatic N) is 5. The normalized spacial score (nSPS) is 17.0. The number of rotatable bonds is 3. The number of piperidine rings is 1. The van der Waals surface area contributed by atoms with Crippen LogP contribution < -0.4 is 4.90 Å². The van der Waals surface area contributed by atoms with Crippen molar-refractivity contribution in [3.63, 3.8) is 0 Å². The van der Waals surface area contributed by atoms with Crippen molar-refractivity contribution in [1.82, 2.24) is 19.7 Å². The number of aryl methyl sites for hydroxylation is 3. The molecule has 0 atom stereocenters. The molecule has 1 fully saturated rings. The zero-order valence-electron chi connectivity index (χ0n) is 18.1. The average Bonchev–Trinajstić information content (AvgIpc) is 3.28. The van der Waals surface area contributed by atoms with E-state index in [1.54, 1.807) is 4.68 Å². The molecule has 0 unspecified atom stereocenters. The Morgan fingerprint density at radius 1 is 1.13 bits per heavy atom. The molecular weight excluding hydrogens is 374 g/mol. The third kappa shape index (κ3) is 3.24. The quantitative estimate of drug-likeness (QED) is 0.672. The summed E-state index contributed by atoms with van der Waals surface area (Å²) in [5, 5.41) is 5.38. The number of anilines is 1. The minimum Gasteiger partial charge on any atom is -0.371 e. The van der Waals surface area contributed by atoms with E-state index in [-0.39, 0.29) is 5.91 Å². The molecule has 1 amide bonds. The lowest BCUT2D eigenvalue weighted by Gasteiger charge is -2.34. The maximum absolute atomic E-state index is 13.4. The van der Waals surface area contributed by atoms with E-state index in [2.05, 4.69) is 39.2 Å². The van der Waals surface area contributed by atoms with Crippen LogP contribution in [-0.2, 0) is 13.5 Å². The molecule has 0 N–H and O–H groups in total. The fourth-order valence-electron chi connectivity index (χ4n) is 5.14. The molecule has 156 valence electrons. The van der Waals surface area contributed by atoms with Gasteiger partial charge in [0.1, 0.15) is 0 Å². The maximum Gasteiger partial charge on any atom is 0.254 e. The van der Waals surface area contributed by atoms with Crippen molar-refractivity contribution in [2.45, 2.75) is 33.1 Å². The van der Waals surface area contributed by atoms with Gasteiger partial charge in [0.25, 0.3) is 5.91 Å². The number of benzene rings is 1. The van der Waals surface area contributed by atoms with E-state index in [4.69, 9.17) is 0 Å². The molecule has 0 spiro atoms. The first-order chi connectivity index (χ1) is 14.5. The topological polar surface area (TPSA) is 54.3 Å². The van der Waals surface area contributed by atoms with Gasteiger partial charge in [0.15, 0.2) is 5.65 Å². The Hall–Kier alpha value is -2.89. The monoisotopic (exact) mass is 403 g/mol. The van der Waals surface area contributed by atoms with Crippen LogP contribution in [0, 0.1) is 19.8 Å². The average molecular weight is 404 g/mol. The van der Waals surface area contributed by atoms with Crippen LogP contribution in [0.2, 0.25) is 0 Å². The van der Waals surface area contributed by atoms with Crippen molar-refractivity contribution in [3.8, 4) is 0 Å². The molecule has 3 aromatic rings. The number of fused-ring (bicyclic) bond motifs is 2. The molecule has 30 heavy (non-hydrogen) atoms. The Morgan fingerprint density at radius 3 is 2.70 bits per heavy atom. The Kier molecular flexibility index (Phi) is 4.72. The largest absolute Gasteiger partial charge is 0.371 e. The number of likely N-dealkylation sites (tertiary alicyclic amines) is 1. The number of hydrogen-bond acceptors (Lipinski definition) is 4. The zero-order chi connectivity index (χ0) is 20.8. The van der Waals surface area contributed by atoms with Gasteiger partial charge >= 0.3 is 0 Å². The minimum absolute atomic E-state index is 0.117. The predicted octanol–water partition coefficient (Wildman–Crippen LogP) is 3.50. The van der Waals surface area contributed by atoms with E-state index in [9.17, 15) is 4.79 Å². The number of carbonyl (C=O) groups is 1. The molecule has 0 saturated carbocycles. The van der Waals surface area contributed by atoms with Crippen LogP contribution in [0.4, 0.5) is 5.69 Å². The molecule has 2 aliphatic heterocycles. The van der Waals surface area contributed by atoms with E-state index in [0.29, 0.717) is 5.92 Å². The van der Waals surface area contributed by atoms with Crippen LogP contribution in [0.5, 0.6) is 0 Å². The van der Waals surface area contributed by atoms with Gasteiger partial charge < -0.3 is 9.80 Å². The fourth-order valence-corrected chi connectivity index (χ4v) is 5.14. The van der Waals surface area contributed by atoms with E-state index >= 15 is 0 Å². The lowest BCUT2D eigenvalue weighted by atomic mass is 9.95. The first-order valence-corrected chi connectivity index (χ1v) is 10.9. The first-order valence-electron chi connectivity index (χ1n) is 10.9. The standard InChI is InChI=1S/C24H29N5O/c1-16-14-20(22-17(2)26-27(3)23(22)25-16)24(30)28-11-8-18(9-12-28)15-29-13-10-19-6-4-5-7-21(19)29/h4-7,14,18H,8-13,15H2,1-3H3. The second-order valence-corrected chi connectivity index (χ2v) is 8.78. The number of aromatic nitrogens is 3. The summed E-state index contributed by atoms with van der Waals surface area (Å²) >= 11 is 0. The summed E-state index contributed by atoms with van der Waals surface area (Å²) in [5.41, 5.74) is 6.13. The second kappa shape index (κ2) is 7.42. The maximum atomic E-state index is 13.4. The van der Waals surface area contributed by atoms with Crippen molar-refractivity contribution in [2.75, 3.05) is 31.1 Å². The molecule has 2 aliphatic rings. The highest BCUT2D eigenvalue weighted by molar-refractivity contribution is 6.06. The zero-order valence-corrected chi connectivity index (χ0v) is 18.1. The molecule has 1 aromatic carbocycles. The first kappa shape index (κ1) is 19.1. The van der Waals surface area contributed by atoms with Gasteiger partial charge in [0, 0.05) is 44.6 Å². The molecule has 6 nitrogen and oxygen atoms in total. The van der Waals surface area contributed by atoms with Gasteiger partial charge in [-0.05, 0) is 56.7 Å². The highest BCUT2D eigenvalue weighted by Gasteiger charge is 2.29. The van der Waals surface area contributed by atoms with Crippen molar-refractivity contribution in [3.05, 3.63) is 52.8 Å². The van der Waals surface area contributed by atoms with Crippen LogP contribution in [-0.4, -0.2) is 51.8 Å². The Bertz CT molecular complexity index is 1110. The van der Waals surface area contributed by atoms with E-state index in [1.807, 2.05) is 31.9 Å². The Balaban J connectivity index is 1.29. The Morgan fingerprint density at radius 2 is 1.90 bits per heavy atom. The third-order valence-corrected chi connectivity index (χ3v) is 6.69. The van der Waals surface area contributed by atoms with Gasteiger partial charge in [-0.1, -0.05) is 18.2 Å². The van der Waals surface area contributed by atoms with Crippen molar-refractivity contribution >= 4 is 22.6 Å². The summed E-state index contributed by atoms with van der Waals surface area (Å²) in [4.78, 5) is 22.5. The highest BCUT2D eigenvalue weighted by atomic mass is 16.2. The van der Waals surface area contributed by atoms with Gasteiger partial charge in [-0.3, -0.25) is 9.48 Å².